The van der Waals surface area contributed by atoms with E-state index in [9.17, 15) is 8.78 Å². The monoisotopic (exact) mass is 296 g/mol. The molecule has 2 nitrogen and oxygen atoms in total. The van der Waals surface area contributed by atoms with Crippen molar-refractivity contribution >= 4 is 11.6 Å². The Labute approximate surface area is 121 Å². The zero-order valence-corrected chi connectivity index (χ0v) is 11.9. The predicted molar refractivity (Wildman–Crippen MR) is 76.5 cm³/mol. The first-order valence-corrected chi connectivity index (χ1v) is 6.50. The van der Waals surface area contributed by atoms with Crippen molar-refractivity contribution < 1.29 is 8.78 Å². The van der Waals surface area contributed by atoms with Crippen molar-refractivity contribution in [2.45, 2.75) is 19.9 Å². The van der Waals surface area contributed by atoms with Crippen LogP contribution in [0.2, 0.25) is 5.02 Å². The molecule has 2 aromatic rings. The van der Waals surface area contributed by atoms with Gasteiger partial charge in [0.15, 0.2) is 11.6 Å². The number of hydrogen-bond donors (Lipinski definition) is 2. The molecule has 1 atom stereocenters. The van der Waals surface area contributed by atoms with Gasteiger partial charge in [0.05, 0.1) is 6.04 Å². The van der Waals surface area contributed by atoms with Crippen molar-refractivity contribution in [3.63, 3.8) is 0 Å². The van der Waals surface area contributed by atoms with Crippen LogP contribution in [-0.4, -0.2) is 0 Å². The third-order valence-corrected chi connectivity index (χ3v) is 3.72. The Kier molecular flexibility index (Phi) is 4.38. The molecule has 2 rings (SSSR count). The Morgan fingerprint density at radius 3 is 2.35 bits per heavy atom. The van der Waals surface area contributed by atoms with Crippen LogP contribution < -0.4 is 11.3 Å². The topological polar surface area (TPSA) is 38.0 Å². The normalized spacial score (nSPS) is 12.5. The summed E-state index contributed by atoms with van der Waals surface area (Å²) in [6, 6.07) is 7.66. The Morgan fingerprint density at radius 1 is 1.05 bits per heavy atom. The fourth-order valence-corrected chi connectivity index (χ4v) is 2.21. The standard InChI is InChI=1S/C15H15ClF2N2/c1-8-3-5-11(14(18)13(8)17)15(20-19)10-4-6-12(16)9(2)7-10/h3-7,15,20H,19H2,1-2H3. The molecule has 0 aromatic heterocycles. The second-order valence-corrected chi connectivity index (χ2v) is 5.12. The minimum atomic E-state index is -0.888. The zero-order valence-electron chi connectivity index (χ0n) is 11.2. The number of nitrogens with one attached hydrogen (secondary N) is 1. The summed E-state index contributed by atoms with van der Waals surface area (Å²) in [6.07, 6.45) is 0. The van der Waals surface area contributed by atoms with Crippen LogP contribution in [0.3, 0.4) is 0 Å². The van der Waals surface area contributed by atoms with Gasteiger partial charge >= 0.3 is 0 Å². The molecular formula is C15H15ClF2N2. The zero-order chi connectivity index (χ0) is 14.9. The minimum Gasteiger partial charge on any atom is -0.271 e. The van der Waals surface area contributed by atoms with E-state index in [4.69, 9.17) is 17.4 Å². The van der Waals surface area contributed by atoms with Crippen LogP contribution in [-0.2, 0) is 0 Å². The molecule has 0 aliphatic heterocycles. The average molecular weight is 297 g/mol. The van der Waals surface area contributed by atoms with Gasteiger partial charge in [0.1, 0.15) is 0 Å². The van der Waals surface area contributed by atoms with E-state index in [1.165, 1.54) is 19.1 Å². The lowest BCUT2D eigenvalue weighted by Gasteiger charge is -2.19. The summed E-state index contributed by atoms with van der Waals surface area (Å²) in [5.41, 5.74) is 4.51. The van der Waals surface area contributed by atoms with E-state index < -0.39 is 17.7 Å². The SMILES string of the molecule is Cc1cc(C(NN)c2ccc(C)c(F)c2F)ccc1Cl. The number of benzene rings is 2. The molecule has 1 unspecified atom stereocenters. The number of aryl methyl sites for hydroxylation is 2. The number of hydrazine groups is 1. The molecule has 20 heavy (non-hydrogen) atoms. The molecule has 0 bridgehead atoms. The van der Waals surface area contributed by atoms with Gasteiger partial charge in [-0.1, -0.05) is 35.9 Å². The third kappa shape index (κ3) is 2.68. The first-order chi connectivity index (χ1) is 9.45. The number of nitrogens with two attached hydrogens (primary N) is 1. The summed E-state index contributed by atoms with van der Waals surface area (Å²) in [6.45, 7) is 3.35. The minimum absolute atomic E-state index is 0.164. The maximum absolute atomic E-state index is 14.1. The van der Waals surface area contributed by atoms with Crippen LogP contribution in [0.15, 0.2) is 30.3 Å². The number of rotatable bonds is 3. The molecular weight excluding hydrogens is 282 g/mol. The van der Waals surface area contributed by atoms with Gasteiger partial charge < -0.3 is 0 Å². The van der Waals surface area contributed by atoms with Crippen molar-refractivity contribution in [2.75, 3.05) is 0 Å². The third-order valence-electron chi connectivity index (χ3n) is 3.30. The molecule has 0 radical (unpaired) electrons. The average Bonchev–Trinajstić information content (AvgIpc) is 2.43. The van der Waals surface area contributed by atoms with Crippen molar-refractivity contribution in [1.29, 1.82) is 0 Å². The highest BCUT2D eigenvalue weighted by Crippen LogP contribution is 2.28. The molecule has 0 saturated carbocycles. The molecule has 0 aliphatic rings. The highest BCUT2D eigenvalue weighted by atomic mass is 35.5. The van der Waals surface area contributed by atoms with Gasteiger partial charge in [-0.25, -0.2) is 14.2 Å². The Morgan fingerprint density at radius 2 is 1.75 bits per heavy atom. The molecule has 0 aliphatic carbocycles. The summed E-state index contributed by atoms with van der Waals surface area (Å²) < 4.78 is 27.8. The second-order valence-electron chi connectivity index (χ2n) is 4.71. The van der Waals surface area contributed by atoms with Gasteiger partial charge in [-0.05, 0) is 36.6 Å². The van der Waals surface area contributed by atoms with E-state index in [1.54, 1.807) is 18.2 Å². The molecule has 0 fully saturated rings. The molecule has 0 heterocycles. The van der Waals surface area contributed by atoms with Crippen LogP contribution in [0, 0.1) is 25.5 Å². The van der Waals surface area contributed by atoms with Crippen LogP contribution >= 0.6 is 11.6 Å². The maximum Gasteiger partial charge on any atom is 0.164 e. The maximum atomic E-state index is 14.1. The molecule has 2 aromatic carbocycles. The van der Waals surface area contributed by atoms with Gasteiger partial charge in [-0.2, -0.15) is 0 Å². The Bertz CT molecular complexity index is 644. The Balaban J connectivity index is 2.52. The lowest BCUT2D eigenvalue weighted by molar-refractivity contribution is 0.478. The lowest BCUT2D eigenvalue weighted by atomic mass is 9.96. The van der Waals surface area contributed by atoms with Gasteiger partial charge in [0.25, 0.3) is 0 Å². The largest absolute Gasteiger partial charge is 0.271 e. The van der Waals surface area contributed by atoms with E-state index in [0.29, 0.717) is 5.02 Å². The van der Waals surface area contributed by atoms with Crippen LogP contribution in [0.4, 0.5) is 8.78 Å². The van der Waals surface area contributed by atoms with Gasteiger partial charge in [0, 0.05) is 10.6 Å². The van der Waals surface area contributed by atoms with Crippen LogP contribution in [0.25, 0.3) is 0 Å². The summed E-state index contributed by atoms with van der Waals surface area (Å²) in [5, 5.41) is 0.611. The van der Waals surface area contributed by atoms with Crippen molar-refractivity contribution in [2.24, 2.45) is 5.84 Å². The summed E-state index contributed by atoms with van der Waals surface area (Å²) in [4.78, 5) is 0. The molecule has 5 heteroatoms. The molecule has 3 N–H and O–H groups in total. The molecule has 0 spiro atoms. The highest BCUT2D eigenvalue weighted by Gasteiger charge is 2.20. The van der Waals surface area contributed by atoms with Crippen molar-refractivity contribution in [3.05, 3.63) is 69.2 Å². The first kappa shape index (κ1) is 14.9. The Hall–Kier alpha value is -1.49. The predicted octanol–water partition coefficient (Wildman–Crippen LogP) is 3.79. The summed E-state index contributed by atoms with van der Waals surface area (Å²) >= 11 is 5.97. The first-order valence-electron chi connectivity index (χ1n) is 6.12. The van der Waals surface area contributed by atoms with E-state index in [-0.39, 0.29) is 11.1 Å². The fraction of sp³-hybridized carbons (Fsp3) is 0.200. The summed E-state index contributed by atoms with van der Waals surface area (Å²) in [5.74, 6) is 3.77. The van der Waals surface area contributed by atoms with Gasteiger partial charge in [-0.15, -0.1) is 0 Å². The summed E-state index contributed by atoms with van der Waals surface area (Å²) in [7, 11) is 0. The van der Waals surface area contributed by atoms with E-state index in [2.05, 4.69) is 5.43 Å². The quantitative estimate of drug-likeness (QED) is 0.668. The van der Waals surface area contributed by atoms with Crippen LogP contribution in [0.5, 0.6) is 0 Å². The highest BCUT2D eigenvalue weighted by molar-refractivity contribution is 6.31. The van der Waals surface area contributed by atoms with Crippen molar-refractivity contribution in [3.8, 4) is 0 Å². The molecule has 0 amide bonds. The van der Waals surface area contributed by atoms with E-state index >= 15 is 0 Å². The lowest BCUT2D eigenvalue weighted by Crippen LogP contribution is -2.30. The van der Waals surface area contributed by atoms with Crippen molar-refractivity contribution in [1.82, 2.24) is 5.43 Å². The smallest absolute Gasteiger partial charge is 0.164 e. The number of hydrogen-bond acceptors (Lipinski definition) is 2. The van der Waals surface area contributed by atoms with Gasteiger partial charge in [0.2, 0.25) is 0 Å². The van der Waals surface area contributed by atoms with E-state index in [0.717, 1.165) is 11.1 Å². The van der Waals surface area contributed by atoms with E-state index in [1.807, 2.05) is 6.92 Å². The van der Waals surface area contributed by atoms with Crippen LogP contribution in [0.1, 0.15) is 28.3 Å². The molecule has 106 valence electrons. The second kappa shape index (κ2) is 5.87. The molecule has 0 saturated heterocycles. The number of halogens is 3. The fourth-order valence-electron chi connectivity index (χ4n) is 2.10. The van der Waals surface area contributed by atoms with Gasteiger partial charge in [-0.3, -0.25) is 5.84 Å².